The second kappa shape index (κ2) is 6.17. The van der Waals surface area contributed by atoms with E-state index in [9.17, 15) is 28.1 Å². The molecule has 0 aromatic carbocycles. The third kappa shape index (κ3) is 2.87. The van der Waals surface area contributed by atoms with Crippen LogP contribution in [0.3, 0.4) is 0 Å². The molecule has 0 N–H and O–H groups in total. The van der Waals surface area contributed by atoms with E-state index in [-0.39, 0.29) is 17.7 Å². The van der Waals surface area contributed by atoms with Gasteiger partial charge in [-0.1, -0.05) is 0 Å². The molecule has 0 unspecified atom stereocenters. The van der Waals surface area contributed by atoms with E-state index < -0.39 is 39.8 Å². The molecule has 11 heteroatoms. The number of halogens is 3. The maximum atomic E-state index is 13.5. The third-order valence-corrected chi connectivity index (χ3v) is 3.50. The predicted molar refractivity (Wildman–Crippen MR) is 80.5 cm³/mol. The fourth-order valence-corrected chi connectivity index (χ4v) is 2.44. The first kappa shape index (κ1) is 17.5. The van der Waals surface area contributed by atoms with Crippen molar-refractivity contribution in [2.24, 2.45) is 0 Å². The number of hydrogen-bond acceptors (Lipinski definition) is 6. The molecular weight excluding hydrogens is 359 g/mol. The van der Waals surface area contributed by atoms with Crippen LogP contribution in [0.25, 0.3) is 16.8 Å². The van der Waals surface area contributed by atoms with Crippen molar-refractivity contribution in [2.75, 3.05) is 6.61 Å². The minimum absolute atomic E-state index is 0.00878. The average molecular weight is 369 g/mol. The van der Waals surface area contributed by atoms with E-state index in [4.69, 9.17) is 4.42 Å². The zero-order valence-corrected chi connectivity index (χ0v) is 13.1. The predicted octanol–water partition coefficient (Wildman–Crippen LogP) is 3.70. The Morgan fingerprint density at radius 1 is 1.42 bits per heavy atom. The van der Waals surface area contributed by atoms with Crippen molar-refractivity contribution >= 4 is 17.4 Å². The summed E-state index contributed by atoms with van der Waals surface area (Å²) >= 11 is 0. The van der Waals surface area contributed by atoms with Crippen molar-refractivity contribution in [3.63, 3.8) is 0 Å². The number of alkyl halides is 3. The Kier molecular flexibility index (Phi) is 4.14. The highest BCUT2D eigenvalue weighted by atomic mass is 19.4. The molecule has 0 atom stereocenters. The van der Waals surface area contributed by atoms with Crippen LogP contribution in [0.15, 0.2) is 35.3 Å². The summed E-state index contributed by atoms with van der Waals surface area (Å²) in [4.78, 5) is 25.9. The van der Waals surface area contributed by atoms with E-state index in [2.05, 4.69) is 9.72 Å². The highest BCUT2D eigenvalue weighted by molar-refractivity contribution is 5.93. The van der Waals surface area contributed by atoms with Crippen LogP contribution in [0.5, 0.6) is 0 Å². The first-order valence-corrected chi connectivity index (χ1v) is 7.21. The highest BCUT2D eigenvalue weighted by Gasteiger charge is 2.40. The number of ether oxygens (including phenoxy) is 1. The topological polar surface area (TPSA) is 99.9 Å². The van der Waals surface area contributed by atoms with Crippen LogP contribution in [0, 0.1) is 10.1 Å². The molecule has 136 valence electrons. The van der Waals surface area contributed by atoms with Crippen molar-refractivity contribution in [1.82, 2.24) is 9.38 Å². The molecule has 0 amide bonds. The molecule has 0 aliphatic carbocycles. The van der Waals surface area contributed by atoms with Gasteiger partial charge in [0.2, 0.25) is 11.3 Å². The summed E-state index contributed by atoms with van der Waals surface area (Å²) in [5.41, 5.74) is -2.51. The summed E-state index contributed by atoms with van der Waals surface area (Å²) in [6.07, 6.45) is -1.33. The molecule has 8 nitrogen and oxygen atoms in total. The summed E-state index contributed by atoms with van der Waals surface area (Å²) in [5.74, 6) is -2.09. The summed E-state index contributed by atoms with van der Waals surface area (Å²) in [5, 5.41) is 11.4. The maximum Gasteiger partial charge on any atom is 0.422 e. The number of hydrogen-bond donors (Lipinski definition) is 0. The quantitative estimate of drug-likeness (QED) is 0.395. The molecule has 26 heavy (non-hydrogen) atoms. The smallest absolute Gasteiger partial charge is 0.422 e. The number of pyridine rings is 1. The SMILES string of the molecule is CCOC(=O)c1nc2c(C(F)(F)F)cc(-c3ccoc3)cn2c1[N+](=O)[O-]. The largest absolute Gasteiger partial charge is 0.472 e. The molecule has 0 saturated carbocycles. The number of aromatic nitrogens is 2. The lowest BCUT2D eigenvalue weighted by molar-refractivity contribution is -0.390. The molecule has 0 aliphatic rings. The first-order chi connectivity index (χ1) is 12.2. The summed E-state index contributed by atoms with van der Waals surface area (Å²) in [7, 11) is 0. The number of esters is 1. The van der Waals surface area contributed by atoms with Gasteiger partial charge in [0.1, 0.15) is 11.8 Å². The lowest BCUT2D eigenvalue weighted by atomic mass is 10.1. The van der Waals surface area contributed by atoms with Gasteiger partial charge in [-0.15, -0.1) is 0 Å². The van der Waals surface area contributed by atoms with Crippen molar-refractivity contribution in [2.45, 2.75) is 13.1 Å². The molecule has 0 fully saturated rings. The number of rotatable bonds is 4. The zero-order chi connectivity index (χ0) is 19.1. The molecule has 3 aromatic rings. The van der Waals surface area contributed by atoms with Gasteiger partial charge >= 0.3 is 18.0 Å². The molecule has 3 heterocycles. The van der Waals surface area contributed by atoms with E-state index in [0.29, 0.717) is 4.40 Å². The molecule has 0 bridgehead atoms. The van der Waals surface area contributed by atoms with E-state index >= 15 is 0 Å². The Hall–Kier alpha value is -3.37. The maximum absolute atomic E-state index is 13.5. The first-order valence-electron chi connectivity index (χ1n) is 7.21. The number of carbonyl (C=O) groups excluding carboxylic acids is 1. The standard InChI is InChI=1S/C15H10F3N3O5/c1-2-26-14(22)11-13(21(23)24)20-6-9(8-3-4-25-7-8)5-10(12(20)19-11)15(16,17)18/h3-7H,2H2,1H3. The number of imidazole rings is 1. The number of fused-ring (bicyclic) bond motifs is 1. The second-order valence-electron chi connectivity index (χ2n) is 5.11. The molecular formula is C15H10F3N3O5. The normalized spacial score (nSPS) is 11.7. The van der Waals surface area contributed by atoms with Gasteiger partial charge in [0.15, 0.2) is 0 Å². The minimum atomic E-state index is -4.86. The van der Waals surface area contributed by atoms with Gasteiger partial charge in [0, 0.05) is 11.1 Å². The van der Waals surface area contributed by atoms with Crippen LogP contribution in [-0.4, -0.2) is 26.9 Å². The van der Waals surface area contributed by atoms with Gasteiger partial charge in [-0.05, 0) is 24.0 Å². The highest BCUT2D eigenvalue weighted by Crippen LogP contribution is 2.37. The molecule has 3 aromatic heterocycles. The Bertz CT molecular complexity index is 992. The molecule has 0 aliphatic heterocycles. The Morgan fingerprint density at radius 2 is 2.15 bits per heavy atom. The van der Waals surface area contributed by atoms with Crippen LogP contribution in [0.1, 0.15) is 23.0 Å². The number of nitro groups is 1. The van der Waals surface area contributed by atoms with E-state index in [1.54, 1.807) is 0 Å². The summed E-state index contributed by atoms with van der Waals surface area (Å²) in [6, 6.07) is 2.18. The summed E-state index contributed by atoms with van der Waals surface area (Å²) in [6.45, 7) is 1.34. The van der Waals surface area contributed by atoms with Crippen molar-refractivity contribution < 1.29 is 32.0 Å². The van der Waals surface area contributed by atoms with Gasteiger partial charge < -0.3 is 19.3 Å². The molecule has 0 radical (unpaired) electrons. The Labute approximate surface area is 143 Å². The lowest BCUT2D eigenvalue weighted by Gasteiger charge is -2.08. The lowest BCUT2D eigenvalue weighted by Crippen LogP contribution is -2.09. The van der Waals surface area contributed by atoms with Crippen molar-refractivity contribution in [3.05, 3.63) is 52.2 Å². The van der Waals surface area contributed by atoms with Crippen LogP contribution in [0.4, 0.5) is 19.0 Å². The van der Waals surface area contributed by atoms with E-state index in [1.165, 1.54) is 25.5 Å². The van der Waals surface area contributed by atoms with Crippen LogP contribution < -0.4 is 0 Å². The number of carbonyl (C=O) groups is 1. The fourth-order valence-electron chi connectivity index (χ4n) is 2.44. The number of nitrogens with zero attached hydrogens (tertiary/aromatic N) is 3. The zero-order valence-electron chi connectivity index (χ0n) is 13.1. The van der Waals surface area contributed by atoms with Gasteiger partial charge in [0.25, 0.3) is 0 Å². The molecule has 0 saturated heterocycles. The molecule has 3 rings (SSSR count). The van der Waals surface area contributed by atoms with Crippen molar-refractivity contribution in [3.8, 4) is 11.1 Å². The minimum Gasteiger partial charge on any atom is -0.472 e. The van der Waals surface area contributed by atoms with Crippen LogP contribution in [-0.2, 0) is 10.9 Å². The van der Waals surface area contributed by atoms with E-state index in [0.717, 1.165) is 12.3 Å². The summed E-state index contributed by atoms with van der Waals surface area (Å²) < 4.78 is 50.5. The molecule has 0 spiro atoms. The third-order valence-electron chi connectivity index (χ3n) is 3.50. The van der Waals surface area contributed by atoms with Crippen LogP contribution >= 0.6 is 0 Å². The Balaban J connectivity index is 2.39. The monoisotopic (exact) mass is 369 g/mol. The van der Waals surface area contributed by atoms with E-state index in [1.807, 2.05) is 0 Å². The van der Waals surface area contributed by atoms with Crippen molar-refractivity contribution in [1.29, 1.82) is 0 Å². The van der Waals surface area contributed by atoms with Gasteiger partial charge in [-0.25, -0.2) is 4.79 Å². The van der Waals surface area contributed by atoms with Gasteiger partial charge in [-0.2, -0.15) is 22.6 Å². The number of furan rings is 1. The average Bonchev–Trinajstić information content (AvgIpc) is 3.20. The van der Waals surface area contributed by atoms with Gasteiger partial charge in [0.05, 0.1) is 19.1 Å². The Morgan fingerprint density at radius 3 is 2.69 bits per heavy atom. The van der Waals surface area contributed by atoms with Gasteiger partial charge in [-0.3, -0.25) is 0 Å². The second-order valence-corrected chi connectivity index (χ2v) is 5.11. The fraction of sp³-hybridized carbons (Fsp3) is 0.200. The van der Waals surface area contributed by atoms with Crippen LogP contribution in [0.2, 0.25) is 0 Å².